The fourth-order valence-corrected chi connectivity index (χ4v) is 3.54. The Labute approximate surface area is 189 Å². The third-order valence-electron chi connectivity index (χ3n) is 5.04. The highest BCUT2D eigenvalue weighted by atomic mass is 35.5. The number of allylic oxidation sites excluding steroid dienone is 1. The Bertz CT molecular complexity index is 1230. The number of halogens is 2. The number of Topliss-reactive ketones (excluding diaryl/α,β-unsaturated/α-hetero) is 1. The van der Waals surface area contributed by atoms with Crippen molar-refractivity contribution in [1.29, 1.82) is 0 Å². The molecule has 0 atom stereocenters. The van der Waals surface area contributed by atoms with E-state index in [0.29, 0.717) is 16.9 Å². The van der Waals surface area contributed by atoms with E-state index in [2.05, 4.69) is 0 Å². The zero-order chi connectivity index (χ0) is 22.8. The summed E-state index contributed by atoms with van der Waals surface area (Å²) in [6.45, 7) is 1.68. The lowest BCUT2D eigenvalue weighted by Gasteiger charge is -2.10. The first-order valence-electron chi connectivity index (χ1n) is 9.73. The van der Waals surface area contributed by atoms with E-state index in [4.69, 9.17) is 25.8 Å². The van der Waals surface area contributed by atoms with Crippen molar-refractivity contribution < 1.29 is 28.2 Å². The van der Waals surface area contributed by atoms with E-state index in [9.17, 15) is 14.0 Å². The second kappa shape index (κ2) is 8.85. The lowest BCUT2D eigenvalue weighted by atomic mass is 10.1. The molecule has 5 nitrogen and oxygen atoms in total. The summed E-state index contributed by atoms with van der Waals surface area (Å²) < 4.78 is 30.4. The van der Waals surface area contributed by atoms with Gasteiger partial charge in [-0.2, -0.15) is 0 Å². The van der Waals surface area contributed by atoms with Crippen molar-refractivity contribution in [3.05, 3.63) is 93.5 Å². The van der Waals surface area contributed by atoms with Crippen LogP contribution in [-0.4, -0.2) is 18.9 Å². The maximum Gasteiger partial charge on any atom is 0.315 e. The van der Waals surface area contributed by atoms with Crippen LogP contribution in [0.4, 0.5) is 4.39 Å². The molecule has 0 spiro atoms. The molecule has 0 bridgehead atoms. The Kier molecular flexibility index (Phi) is 5.97. The van der Waals surface area contributed by atoms with Crippen LogP contribution in [0.25, 0.3) is 6.08 Å². The topological polar surface area (TPSA) is 61.8 Å². The number of hydrogen-bond donors (Lipinski definition) is 0. The van der Waals surface area contributed by atoms with E-state index in [1.807, 2.05) is 0 Å². The van der Waals surface area contributed by atoms with Crippen LogP contribution in [0.1, 0.15) is 27.0 Å². The van der Waals surface area contributed by atoms with E-state index >= 15 is 0 Å². The Morgan fingerprint density at radius 2 is 1.88 bits per heavy atom. The number of carbonyl (C=O) groups is 2. The number of carbonyl (C=O) groups excluding carboxylic acids is 2. The molecule has 0 fully saturated rings. The number of rotatable bonds is 5. The average Bonchev–Trinajstić information content (AvgIpc) is 3.09. The van der Waals surface area contributed by atoms with Gasteiger partial charge in [0.05, 0.1) is 24.1 Å². The van der Waals surface area contributed by atoms with Crippen molar-refractivity contribution in [3.63, 3.8) is 0 Å². The molecule has 4 rings (SSSR count). The van der Waals surface area contributed by atoms with Gasteiger partial charge in [-0.3, -0.25) is 9.59 Å². The number of hydrogen-bond acceptors (Lipinski definition) is 5. The summed E-state index contributed by atoms with van der Waals surface area (Å²) in [6, 6.07) is 14.4. The second-order valence-corrected chi connectivity index (χ2v) is 7.55. The SMILES string of the molecule is COc1ccc(CC(=O)Oc2ccc3c(c2C)O/C(=C\c2c(F)cccc2Cl)C3=O)cc1. The van der Waals surface area contributed by atoms with Gasteiger partial charge in [0.1, 0.15) is 23.1 Å². The largest absolute Gasteiger partial charge is 0.497 e. The van der Waals surface area contributed by atoms with Crippen LogP contribution in [0.15, 0.2) is 60.4 Å². The molecule has 0 aliphatic carbocycles. The number of ether oxygens (including phenoxy) is 3. The number of esters is 1. The third-order valence-corrected chi connectivity index (χ3v) is 5.37. The molecule has 3 aromatic rings. The number of ketones is 1. The summed E-state index contributed by atoms with van der Waals surface area (Å²) >= 11 is 6.05. The van der Waals surface area contributed by atoms with Crippen molar-refractivity contribution in [2.24, 2.45) is 0 Å². The molecule has 7 heteroatoms. The van der Waals surface area contributed by atoms with Gasteiger partial charge in [-0.1, -0.05) is 29.8 Å². The molecule has 0 N–H and O–H groups in total. The summed E-state index contributed by atoms with van der Waals surface area (Å²) in [5.41, 5.74) is 1.63. The van der Waals surface area contributed by atoms with Crippen LogP contribution in [0.2, 0.25) is 5.02 Å². The molecule has 1 aliphatic rings. The first-order chi connectivity index (χ1) is 15.4. The van der Waals surface area contributed by atoms with Crippen LogP contribution in [0.5, 0.6) is 17.2 Å². The van der Waals surface area contributed by atoms with Gasteiger partial charge in [-0.25, -0.2) is 4.39 Å². The molecule has 0 amide bonds. The highest BCUT2D eigenvalue weighted by Crippen LogP contribution is 2.40. The number of methoxy groups -OCH3 is 1. The normalized spacial score (nSPS) is 13.6. The van der Waals surface area contributed by atoms with Crippen molar-refractivity contribution >= 4 is 29.4 Å². The zero-order valence-corrected chi connectivity index (χ0v) is 18.0. The highest BCUT2D eigenvalue weighted by molar-refractivity contribution is 6.32. The summed E-state index contributed by atoms with van der Waals surface area (Å²) in [7, 11) is 1.57. The first-order valence-corrected chi connectivity index (χ1v) is 10.1. The minimum Gasteiger partial charge on any atom is -0.497 e. The molecule has 0 radical (unpaired) electrons. The molecule has 1 aliphatic heterocycles. The van der Waals surface area contributed by atoms with Crippen molar-refractivity contribution in [3.8, 4) is 17.2 Å². The summed E-state index contributed by atoms with van der Waals surface area (Å²) in [5, 5.41) is 0.162. The molecule has 0 saturated carbocycles. The average molecular weight is 453 g/mol. The Balaban J connectivity index is 1.54. The first kappa shape index (κ1) is 21.6. The predicted octanol–water partition coefficient (Wildman–Crippen LogP) is 5.56. The zero-order valence-electron chi connectivity index (χ0n) is 17.3. The molecular formula is C25H18ClFO5. The maximum absolute atomic E-state index is 14.1. The Hall–Kier alpha value is -3.64. The van der Waals surface area contributed by atoms with E-state index in [0.717, 1.165) is 5.56 Å². The van der Waals surface area contributed by atoms with Crippen LogP contribution in [0.3, 0.4) is 0 Å². The molecule has 32 heavy (non-hydrogen) atoms. The second-order valence-electron chi connectivity index (χ2n) is 7.14. The van der Waals surface area contributed by atoms with Gasteiger partial charge in [0.15, 0.2) is 5.76 Å². The van der Waals surface area contributed by atoms with Crippen molar-refractivity contribution in [2.75, 3.05) is 7.11 Å². The molecular weight excluding hydrogens is 435 g/mol. The maximum atomic E-state index is 14.1. The number of fused-ring (bicyclic) bond motifs is 1. The summed E-state index contributed by atoms with van der Waals surface area (Å²) in [5.74, 6) is -0.253. The Morgan fingerprint density at radius 3 is 2.56 bits per heavy atom. The lowest BCUT2D eigenvalue weighted by Crippen LogP contribution is -2.12. The molecule has 0 unspecified atom stereocenters. The van der Waals surface area contributed by atoms with Gasteiger partial charge in [0.25, 0.3) is 0 Å². The predicted molar refractivity (Wildman–Crippen MR) is 118 cm³/mol. The molecule has 162 valence electrons. The smallest absolute Gasteiger partial charge is 0.315 e. The van der Waals surface area contributed by atoms with Crippen LogP contribution in [0, 0.1) is 12.7 Å². The van der Waals surface area contributed by atoms with Gasteiger partial charge in [0, 0.05) is 11.1 Å². The molecule has 0 aromatic heterocycles. The summed E-state index contributed by atoms with van der Waals surface area (Å²) in [6.07, 6.45) is 1.34. The fraction of sp³-hybridized carbons (Fsp3) is 0.120. The van der Waals surface area contributed by atoms with Crippen LogP contribution >= 0.6 is 11.6 Å². The third kappa shape index (κ3) is 4.22. The van der Waals surface area contributed by atoms with E-state index < -0.39 is 17.6 Å². The monoisotopic (exact) mass is 452 g/mol. The fourth-order valence-electron chi connectivity index (χ4n) is 3.33. The van der Waals surface area contributed by atoms with Gasteiger partial charge in [-0.05, 0) is 55.0 Å². The summed E-state index contributed by atoms with van der Waals surface area (Å²) in [4.78, 5) is 25.1. The van der Waals surface area contributed by atoms with Crippen molar-refractivity contribution in [2.45, 2.75) is 13.3 Å². The molecule has 0 saturated heterocycles. The van der Waals surface area contributed by atoms with Gasteiger partial charge < -0.3 is 14.2 Å². The van der Waals surface area contributed by atoms with Gasteiger partial charge in [0.2, 0.25) is 5.78 Å². The van der Waals surface area contributed by atoms with E-state index in [1.54, 1.807) is 44.4 Å². The quantitative estimate of drug-likeness (QED) is 0.288. The van der Waals surface area contributed by atoms with Crippen molar-refractivity contribution in [1.82, 2.24) is 0 Å². The van der Waals surface area contributed by atoms with Gasteiger partial charge in [-0.15, -0.1) is 0 Å². The number of benzene rings is 3. The standard InChI is InChI=1S/C25H18ClFO5/c1-14-21(31-23(28)12-15-6-8-16(30-2)9-7-15)11-10-17-24(29)22(32-25(14)17)13-18-19(26)4-3-5-20(18)27/h3-11,13H,12H2,1-2H3/b22-13-. The lowest BCUT2D eigenvalue weighted by molar-refractivity contribution is -0.133. The van der Waals surface area contributed by atoms with Crippen LogP contribution in [-0.2, 0) is 11.2 Å². The minimum atomic E-state index is -0.567. The molecule has 3 aromatic carbocycles. The van der Waals surface area contributed by atoms with E-state index in [-0.39, 0.29) is 34.3 Å². The van der Waals surface area contributed by atoms with Gasteiger partial charge >= 0.3 is 5.97 Å². The molecule has 1 heterocycles. The minimum absolute atomic E-state index is 0.0585. The Morgan fingerprint density at radius 1 is 1.12 bits per heavy atom. The highest BCUT2D eigenvalue weighted by Gasteiger charge is 2.31. The van der Waals surface area contributed by atoms with E-state index in [1.165, 1.54) is 30.3 Å². The van der Waals surface area contributed by atoms with Crippen LogP contribution < -0.4 is 14.2 Å².